The molecule has 2 aromatic carbocycles. The first-order valence-electron chi connectivity index (χ1n) is 7.73. The highest BCUT2D eigenvalue weighted by Crippen LogP contribution is 2.32. The van der Waals surface area contributed by atoms with Crippen LogP contribution in [0.3, 0.4) is 0 Å². The minimum atomic E-state index is -0.762. The quantitative estimate of drug-likeness (QED) is 0.830. The fourth-order valence-electron chi connectivity index (χ4n) is 2.67. The number of rotatable bonds is 5. The van der Waals surface area contributed by atoms with Gasteiger partial charge in [-0.2, -0.15) is 0 Å². The van der Waals surface area contributed by atoms with Crippen LogP contribution in [-0.2, 0) is 11.2 Å². The van der Waals surface area contributed by atoms with Crippen molar-refractivity contribution in [2.45, 2.75) is 40.0 Å². The summed E-state index contributed by atoms with van der Waals surface area (Å²) in [5.41, 5.74) is 3.99. The van der Waals surface area contributed by atoms with Crippen molar-refractivity contribution in [2.75, 3.05) is 0 Å². The van der Waals surface area contributed by atoms with E-state index in [1.54, 1.807) is 13.8 Å². The van der Waals surface area contributed by atoms with E-state index in [9.17, 15) is 9.90 Å². The Morgan fingerprint density at radius 3 is 2.27 bits per heavy atom. The molecule has 2 rings (SSSR count). The van der Waals surface area contributed by atoms with E-state index in [0.717, 1.165) is 5.56 Å². The second-order valence-corrected chi connectivity index (χ2v) is 6.81. The molecule has 0 saturated carbocycles. The summed E-state index contributed by atoms with van der Waals surface area (Å²) in [6, 6.07) is 16.6. The van der Waals surface area contributed by atoms with Crippen molar-refractivity contribution >= 4 is 5.97 Å². The molecule has 0 fully saturated rings. The number of hydrogen-bond acceptors (Lipinski definition) is 1. The van der Waals surface area contributed by atoms with Crippen molar-refractivity contribution in [3.8, 4) is 11.1 Å². The Morgan fingerprint density at radius 1 is 1.09 bits per heavy atom. The van der Waals surface area contributed by atoms with Crippen LogP contribution in [0.1, 0.15) is 44.7 Å². The summed E-state index contributed by atoms with van der Waals surface area (Å²) in [4.78, 5) is 11.4. The van der Waals surface area contributed by atoms with Crippen LogP contribution >= 0.6 is 0 Å². The highest BCUT2D eigenvalue weighted by atomic mass is 16.4. The zero-order valence-corrected chi connectivity index (χ0v) is 13.8. The zero-order chi connectivity index (χ0) is 16.3. The molecule has 0 aliphatic rings. The van der Waals surface area contributed by atoms with Crippen LogP contribution in [0, 0.1) is 5.41 Å². The number of aliphatic carboxylic acids is 1. The molecule has 22 heavy (non-hydrogen) atoms. The fourth-order valence-corrected chi connectivity index (χ4v) is 2.67. The minimum Gasteiger partial charge on any atom is -0.481 e. The predicted molar refractivity (Wildman–Crippen MR) is 91.1 cm³/mol. The van der Waals surface area contributed by atoms with Gasteiger partial charge in [0.25, 0.3) is 0 Å². The SMILES string of the molecule is CC(C)c1ccc(CC(C)(C)C(=O)O)cc1-c1ccccc1. The van der Waals surface area contributed by atoms with Crippen LogP contribution in [0.25, 0.3) is 11.1 Å². The molecule has 0 aliphatic heterocycles. The molecule has 0 aliphatic carbocycles. The smallest absolute Gasteiger partial charge is 0.309 e. The van der Waals surface area contributed by atoms with Gasteiger partial charge < -0.3 is 5.11 Å². The molecule has 0 unspecified atom stereocenters. The molecule has 0 heterocycles. The highest BCUT2D eigenvalue weighted by molar-refractivity contribution is 5.74. The van der Waals surface area contributed by atoms with Gasteiger partial charge in [-0.1, -0.05) is 62.4 Å². The van der Waals surface area contributed by atoms with E-state index in [0.29, 0.717) is 12.3 Å². The van der Waals surface area contributed by atoms with Crippen molar-refractivity contribution in [3.05, 3.63) is 59.7 Å². The van der Waals surface area contributed by atoms with Crippen molar-refractivity contribution in [2.24, 2.45) is 5.41 Å². The number of benzene rings is 2. The van der Waals surface area contributed by atoms with Gasteiger partial charge in [0.2, 0.25) is 0 Å². The Hall–Kier alpha value is -2.09. The van der Waals surface area contributed by atoms with Crippen molar-refractivity contribution in [1.82, 2.24) is 0 Å². The summed E-state index contributed by atoms with van der Waals surface area (Å²) in [7, 11) is 0. The highest BCUT2D eigenvalue weighted by Gasteiger charge is 2.27. The van der Waals surface area contributed by atoms with Crippen LogP contribution < -0.4 is 0 Å². The van der Waals surface area contributed by atoms with E-state index in [-0.39, 0.29) is 0 Å². The average molecular weight is 296 g/mol. The van der Waals surface area contributed by atoms with Gasteiger partial charge in [0, 0.05) is 0 Å². The Labute approximate surface area is 132 Å². The molecule has 0 spiro atoms. The van der Waals surface area contributed by atoms with Gasteiger partial charge in [-0.15, -0.1) is 0 Å². The third kappa shape index (κ3) is 3.56. The maximum absolute atomic E-state index is 11.4. The van der Waals surface area contributed by atoms with Gasteiger partial charge >= 0.3 is 5.97 Å². The monoisotopic (exact) mass is 296 g/mol. The zero-order valence-electron chi connectivity index (χ0n) is 13.8. The predicted octanol–water partition coefficient (Wildman–Crippen LogP) is 5.13. The lowest BCUT2D eigenvalue weighted by molar-refractivity contribution is -0.146. The first-order valence-corrected chi connectivity index (χ1v) is 7.73. The summed E-state index contributed by atoms with van der Waals surface area (Å²) in [5.74, 6) is -0.335. The van der Waals surface area contributed by atoms with E-state index in [4.69, 9.17) is 0 Å². The molecule has 0 saturated heterocycles. The van der Waals surface area contributed by atoms with Crippen molar-refractivity contribution in [1.29, 1.82) is 0 Å². The van der Waals surface area contributed by atoms with Crippen LogP contribution in [0.4, 0.5) is 0 Å². The standard InChI is InChI=1S/C20H24O2/c1-14(2)17-11-10-15(13-20(3,4)19(21)22)12-18(17)16-8-6-5-7-9-16/h5-12,14H,13H2,1-4H3,(H,21,22). The second kappa shape index (κ2) is 6.35. The molecular formula is C20H24O2. The molecule has 0 bridgehead atoms. The molecule has 2 aromatic rings. The van der Waals surface area contributed by atoms with E-state index >= 15 is 0 Å². The number of carboxylic acids is 1. The van der Waals surface area contributed by atoms with E-state index in [2.05, 4.69) is 44.2 Å². The minimum absolute atomic E-state index is 0.428. The van der Waals surface area contributed by atoms with Crippen LogP contribution in [-0.4, -0.2) is 11.1 Å². The van der Waals surface area contributed by atoms with E-state index < -0.39 is 11.4 Å². The molecule has 116 valence electrons. The Balaban J connectivity index is 2.47. The van der Waals surface area contributed by atoms with Crippen LogP contribution in [0.15, 0.2) is 48.5 Å². The van der Waals surface area contributed by atoms with E-state index in [1.807, 2.05) is 18.2 Å². The van der Waals surface area contributed by atoms with Crippen molar-refractivity contribution < 1.29 is 9.90 Å². The van der Waals surface area contributed by atoms with Gasteiger partial charge in [-0.3, -0.25) is 4.79 Å². The van der Waals surface area contributed by atoms with Gasteiger partial charge in [-0.05, 0) is 48.4 Å². The second-order valence-electron chi connectivity index (χ2n) is 6.81. The van der Waals surface area contributed by atoms with Crippen molar-refractivity contribution in [3.63, 3.8) is 0 Å². The van der Waals surface area contributed by atoms with Crippen LogP contribution in [0.2, 0.25) is 0 Å². The largest absolute Gasteiger partial charge is 0.481 e. The third-order valence-electron chi connectivity index (χ3n) is 4.05. The molecule has 1 N–H and O–H groups in total. The molecule has 2 nitrogen and oxygen atoms in total. The number of carbonyl (C=O) groups is 1. The molecule has 0 radical (unpaired) electrons. The first-order chi connectivity index (χ1) is 10.3. The average Bonchev–Trinajstić information content (AvgIpc) is 2.47. The van der Waals surface area contributed by atoms with E-state index in [1.165, 1.54) is 16.7 Å². The Bertz CT molecular complexity index is 655. The Kier molecular flexibility index (Phi) is 4.70. The summed E-state index contributed by atoms with van der Waals surface area (Å²) in [6.45, 7) is 7.91. The van der Waals surface area contributed by atoms with Gasteiger partial charge in [0.15, 0.2) is 0 Å². The molecule has 0 atom stereocenters. The third-order valence-corrected chi connectivity index (χ3v) is 4.05. The first kappa shape index (κ1) is 16.3. The Morgan fingerprint density at radius 2 is 1.73 bits per heavy atom. The summed E-state index contributed by atoms with van der Waals surface area (Å²) in [5, 5.41) is 9.33. The fraction of sp³-hybridized carbons (Fsp3) is 0.350. The molecule has 2 heteroatoms. The molecule has 0 aromatic heterocycles. The van der Waals surface area contributed by atoms with Gasteiger partial charge in [-0.25, -0.2) is 0 Å². The lowest BCUT2D eigenvalue weighted by atomic mass is 9.83. The maximum Gasteiger partial charge on any atom is 0.309 e. The number of carboxylic acid groups (broad SMARTS) is 1. The molecular weight excluding hydrogens is 272 g/mol. The summed E-state index contributed by atoms with van der Waals surface area (Å²) >= 11 is 0. The number of hydrogen-bond donors (Lipinski definition) is 1. The van der Waals surface area contributed by atoms with Crippen LogP contribution in [0.5, 0.6) is 0 Å². The lowest BCUT2D eigenvalue weighted by Crippen LogP contribution is -2.26. The van der Waals surface area contributed by atoms with Gasteiger partial charge in [0.1, 0.15) is 0 Å². The van der Waals surface area contributed by atoms with Gasteiger partial charge in [0.05, 0.1) is 5.41 Å². The normalized spacial score (nSPS) is 11.7. The summed E-state index contributed by atoms with van der Waals surface area (Å²) < 4.78 is 0. The lowest BCUT2D eigenvalue weighted by Gasteiger charge is -2.21. The topological polar surface area (TPSA) is 37.3 Å². The maximum atomic E-state index is 11.4. The summed E-state index contributed by atoms with van der Waals surface area (Å²) in [6.07, 6.45) is 0.528. The molecule has 0 amide bonds.